The second-order valence-corrected chi connectivity index (χ2v) is 14.0. The Bertz CT molecular complexity index is 1880. The Morgan fingerprint density at radius 1 is 0.913 bits per heavy atom. The van der Waals surface area contributed by atoms with E-state index in [-0.39, 0.29) is 35.7 Å². The zero-order chi connectivity index (χ0) is 32.7. The van der Waals surface area contributed by atoms with Crippen molar-refractivity contribution in [2.75, 3.05) is 10.4 Å². The van der Waals surface area contributed by atoms with Gasteiger partial charge in [-0.1, -0.05) is 70.0 Å². The van der Waals surface area contributed by atoms with E-state index >= 15 is 0 Å². The maximum Gasteiger partial charge on any atom is 0.254 e. The van der Waals surface area contributed by atoms with Crippen LogP contribution in [0.25, 0.3) is 0 Å². The van der Waals surface area contributed by atoms with Gasteiger partial charge in [0, 0.05) is 17.0 Å². The SMILES string of the molecule is Cc1cc([C@H]2C3=CC[C@@H]4C(=O)N(c5ccc(C(=O)c6ccccc6)cc5)C(=O)[C@@H]4[C@@H]3C[C@@]3(Cl)C(=O)N(CBr)C(=O)[C@@]23Cl)ccc1O. The van der Waals surface area contributed by atoms with Gasteiger partial charge in [-0.3, -0.25) is 33.8 Å². The zero-order valence-corrected chi connectivity index (χ0v) is 27.6. The molecular weight excluding hydrogens is 695 g/mol. The van der Waals surface area contributed by atoms with Crippen molar-refractivity contribution in [2.45, 2.75) is 35.4 Å². The van der Waals surface area contributed by atoms with Crippen LogP contribution in [0.3, 0.4) is 0 Å². The second-order valence-electron chi connectivity index (χ2n) is 12.3. The second kappa shape index (κ2) is 10.9. The standard InChI is InChI=1S/C35H27BrCl2N2O6/c1-18-15-21(9-14-26(18)41)28-23-12-13-24-27(25(23)16-34(37)32(45)39(17-36)33(46)35(28,34)38)31(44)40(30(24)43)22-10-7-20(8-11-22)29(42)19-5-3-2-4-6-19/h2-12,14-15,24-25,27-28,41H,13,16-17H2,1H3/t24-,25+,27-,28-,34+,35-/m0/s1. The number of anilines is 1. The summed E-state index contributed by atoms with van der Waals surface area (Å²) < 4.78 is 0. The Kier molecular flexibility index (Phi) is 7.30. The summed E-state index contributed by atoms with van der Waals surface area (Å²) in [6.07, 6.45) is 1.97. The number of halogens is 3. The normalized spacial score (nSPS) is 30.2. The number of carbonyl (C=O) groups excluding carboxylic acids is 5. The summed E-state index contributed by atoms with van der Waals surface area (Å²) >= 11 is 17.7. The molecule has 2 saturated heterocycles. The quantitative estimate of drug-likeness (QED) is 0.116. The number of alkyl halides is 3. The van der Waals surface area contributed by atoms with Crippen LogP contribution in [-0.4, -0.2) is 54.6 Å². The van der Waals surface area contributed by atoms with Gasteiger partial charge in [-0.2, -0.15) is 0 Å². The van der Waals surface area contributed by atoms with Crippen molar-refractivity contribution < 1.29 is 29.1 Å². The molecule has 2 aliphatic carbocycles. The third kappa shape index (κ3) is 4.14. The first kappa shape index (κ1) is 30.8. The van der Waals surface area contributed by atoms with Gasteiger partial charge in [0.2, 0.25) is 11.8 Å². The number of aryl methyl sites for hydroxylation is 1. The molecular formula is C35H27BrCl2N2O6. The van der Waals surface area contributed by atoms with Crippen molar-refractivity contribution in [3.8, 4) is 5.75 Å². The van der Waals surface area contributed by atoms with Crippen LogP contribution in [0.1, 0.15) is 45.8 Å². The molecule has 3 aromatic rings. The van der Waals surface area contributed by atoms with E-state index in [0.29, 0.717) is 33.5 Å². The Labute approximate surface area is 283 Å². The van der Waals surface area contributed by atoms with Gasteiger partial charge < -0.3 is 5.11 Å². The fourth-order valence-electron chi connectivity index (χ4n) is 7.76. The van der Waals surface area contributed by atoms with E-state index in [9.17, 15) is 29.1 Å². The van der Waals surface area contributed by atoms with Gasteiger partial charge >= 0.3 is 0 Å². The number of carbonyl (C=O) groups is 5. The first-order chi connectivity index (χ1) is 21.9. The number of amides is 4. The minimum Gasteiger partial charge on any atom is -0.508 e. The molecule has 1 N–H and O–H groups in total. The minimum atomic E-state index is -1.91. The van der Waals surface area contributed by atoms with Crippen LogP contribution in [0, 0.1) is 24.7 Å². The zero-order valence-electron chi connectivity index (χ0n) is 24.5. The molecule has 0 bridgehead atoms. The number of phenols is 1. The monoisotopic (exact) mass is 720 g/mol. The lowest BCUT2D eigenvalue weighted by Crippen LogP contribution is -2.60. The molecule has 3 fully saturated rings. The highest BCUT2D eigenvalue weighted by Gasteiger charge is 2.76. The lowest BCUT2D eigenvalue weighted by atomic mass is 9.56. The van der Waals surface area contributed by atoms with Gasteiger partial charge in [0.15, 0.2) is 15.5 Å². The highest BCUT2D eigenvalue weighted by Crippen LogP contribution is 2.65. The third-order valence-electron chi connectivity index (χ3n) is 9.99. The lowest BCUT2D eigenvalue weighted by molar-refractivity contribution is -0.138. The highest BCUT2D eigenvalue weighted by molar-refractivity contribution is 9.09. The maximum atomic E-state index is 14.3. The molecule has 2 aliphatic heterocycles. The predicted molar refractivity (Wildman–Crippen MR) is 175 cm³/mol. The van der Waals surface area contributed by atoms with E-state index in [0.717, 1.165) is 9.80 Å². The molecule has 8 nitrogen and oxygen atoms in total. The molecule has 46 heavy (non-hydrogen) atoms. The van der Waals surface area contributed by atoms with E-state index in [1.165, 1.54) is 6.07 Å². The molecule has 11 heteroatoms. The molecule has 0 aromatic heterocycles. The van der Waals surface area contributed by atoms with E-state index in [1.807, 2.05) is 12.1 Å². The molecule has 3 aromatic carbocycles. The summed E-state index contributed by atoms with van der Waals surface area (Å²) in [5.41, 5.74) is 2.93. The number of hydrogen-bond donors (Lipinski definition) is 1. The van der Waals surface area contributed by atoms with Crippen molar-refractivity contribution in [3.63, 3.8) is 0 Å². The summed E-state index contributed by atoms with van der Waals surface area (Å²) in [4.78, 5) is 67.1. The number of nitrogens with zero attached hydrogens (tertiary/aromatic N) is 2. The number of phenolic OH excluding ortho intramolecular Hbond substituents is 1. The smallest absolute Gasteiger partial charge is 0.254 e. The van der Waals surface area contributed by atoms with Gasteiger partial charge in [-0.25, -0.2) is 0 Å². The van der Waals surface area contributed by atoms with E-state index in [4.69, 9.17) is 23.2 Å². The van der Waals surface area contributed by atoms with E-state index in [2.05, 4.69) is 15.9 Å². The highest BCUT2D eigenvalue weighted by atomic mass is 79.9. The van der Waals surface area contributed by atoms with Crippen LogP contribution in [0.15, 0.2) is 84.4 Å². The molecule has 2 heterocycles. The summed E-state index contributed by atoms with van der Waals surface area (Å²) in [5, 5.41) is 10.3. The number of aromatic hydroxyl groups is 1. The molecule has 0 unspecified atom stereocenters. The van der Waals surface area contributed by atoms with Gasteiger partial charge in [0.25, 0.3) is 11.8 Å². The number of allylic oxidation sites excluding steroid dienone is 2. The summed E-state index contributed by atoms with van der Waals surface area (Å²) in [5.74, 6) is -5.42. The minimum absolute atomic E-state index is 0.0502. The summed E-state index contributed by atoms with van der Waals surface area (Å²) in [6, 6.07) is 20.0. The largest absolute Gasteiger partial charge is 0.508 e. The average Bonchev–Trinajstić information content (AvgIpc) is 3.40. The van der Waals surface area contributed by atoms with Crippen LogP contribution in [0.2, 0.25) is 0 Å². The van der Waals surface area contributed by atoms with Crippen LogP contribution >= 0.6 is 39.1 Å². The van der Waals surface area contributed by atoms with Gasteiger partial charge in [-0.05, 0) is 67.1 Å². The van der Waals surface area contributed by atoms with Crippen molar-refractivity contribution in [2.24, 2.45) is 17.8 Å². The van der Waals surface area contributed by atoms with Crippen LogP contribution in [-0.2, 0) is 19.2 Å². The maximum absolute atomic E-state index is 14.3. The van der Waals surface area contributed by atoms with Crippen molar-refractivity contribution >= 4 is 74.2 Å². The molecule has 1 saturated carbocycles. The first-order valence-corrected chi connectivity index (χ1v) is 16.7. The van der Waals surface area contributed by atoms with Crippen LogP contribution in [0.4, 0.5) is 5.69 Å². The summed E-state index contributed by atoms with van der Waals surface area (Å²) in [7, 11) is 0. The number of rotatable bonds is 5. The van der Waals surface area contributed by atoms with E-state index < -0.39 is 51.1 Å². The number of likely N-dealkylation sites (tertiary alicyclic amines) is 1. The Balaban J connectivity index is 1.28. The fourth-order valence-corrected chi connectivity index (χ4v) is 9.18. The molecule has 4 aliphatic rings. The Morgan fingerprint density at radius 3 is 2.24 bits per heavy atom. The summed E-state index contributed by atoms with van der Waals surface area (Å²) in [6.45, 7) is 1.71. The number of benzene rings is 3. The number of hydrogen-bond acceptors (Lipinski definition) is 6. The molecule has 0 spiro atoms. The topological polar surface area (TPSA) is 112 Å². The lowest BCUT2D eigenvalue weighted by Gasteiger charge is -2.50. The molecule has 6 atom stereocenters. The molecule has 7 rings (SSSR count). The number of ketones is 1. The average molecular weight is 722 g/mol. The van der Waals surface area contributed by atoms with Crippen molar-refractivity contribution in [1.29, 1.82) is 0 Å². The number of fused-ring (bicyclic) bond motifs is 4. The van der Waals surface area contributed by atoms with E-state index in [1.54, 1.807) is 67.6 Å². The van der Waals surface area contributed by atoms with Crippen molar-refractivity contribution in [3.05, 3.63) is 107 Å². The van der Waals surface area contributed by atoms with Gasteiger partial charge in [0.1, 0.15) is 5.75 Å². The van der Waals surface area contributed by atoms with Gasteiger partial charge in [0.05, 0.1) is 23.0 Å². The Morgan fingerprint density at radius 2 is 1.59 bits per heavy atom. The van der Waals surface area contributed by atoms with Gasteiger partial charge in [-0.15, -0.1) is 23.2 Å². The first-order valence-electron chi connectivity index (χ1n) is 14.8. The van der Waals surface area contributed by atoms with Crippen LogP contribution < -0.4 is 4.90 Å². The molecule has 234 valence electrons. The fraction of sp³-hybridized carbons (Fsp3) is 0.286. The van der Waals surface area contributed by atoms with Crippen LogP contribution in [0.5, 0.6) is 5.75 Å². The van der Waals surface area contributed by atoms with Crippen molar-refractivity contribution in [1.82, 2.24) is 4.90 Å². The third-order valence-corrected chi connectivity index (χ3v) is 11.9. The molecule has 0 radical (unpaired) electrons. The number of imide groups is 2. The molecule has 4 amide bonds. The predicted octanol–water partition coefficient (Wildman–Crippen LogP) is 5.85. The Hall–Kier alpha value is -3.79.